The van der Waals surface area contributed by atoms with Crippen molar-refractivity contribution in [3.05, 3.63) is 18.2 Å². The lowest BCUT2D eigenvalue weighted by molar-refractivity contribution is 0.663. The number of aromatic nitrogens is 5. The number of rotatable bonds is 2. The summed E-state index contributed by atoms with van der Waals surface area (Å²) in [5.74, 6) is 2.82. The Bertz CT molecular complexity index is 555. The minimum Gasteiger partial charge on any atom is -0.368 e. The van der Waals surface area contributed by atoms with E-state index < -0.39 is 0 Å². The first-order chi connectivity index (χ1) is 8.74. The molecule has 0 unspecified atom stereocenters. The lowest BCUT2D eigenvalue weighted by Gasteiger charge is -2.09. The highest BCUT2D eigenvalue weighted by molar-refractivity contribution is 5.45. The lowest BCUT2D eigenvalue weighted by atomic mass is 10.1. The molecule has 1 aliphatic carbocycles. The first kappa shape index (κ1) is 11.1. The SMILES string of the molecule is Cn1ccnc1-c1nc(N)nc(C2CCCC2)n1. The molecule has 6 nitrogen and oxygen atoms in total. The first-order valence-corrected chi connectivity index (χ1v) is 6.23. The van der Waals surface area contributed by atoms with Crippen LogP contribution in [0.4, 0.5) is 5.95 Å². The molecule has 2 aromatic heterocycles. The van der Waals surface area contributed by atoms with Crippen molar-refractivity contribution in [2.45, 2.75) is 31.6 Å². The van der Waals surface area contributed by atoms with Gasteiger partial charge in [-0.1, -0.05) is 12.8 Å². The zero-order valence-corrected chi connectivity index (χ0v) is 10.4. The van der Waals surface area contributed by atoms with E-state index in [4.69, 9.17) is 5.73 Å². The van der Waals surface area contributed by atoms with Gasteiger partial charge in [0.2, 0.25) is 11.8 Å². The van der Waals surface area contributed by atoms with Gasteiger partial charge in [-0.25, -0.2) is 9.97 Å². The molecule has 2 N–H and O–H groups in total. The maximum atomic E-state index is 5.78. The number of anilines is 1. The van der Waals surface area contributed by atoms with Crippen molar-refractivity contribution in [2.24, 2.45) is 7.05 Å². The molecule has 0 radical (unpaired) electrons. The van der Waals surface area contributed by atoms with Crippen molar-refractivity contribution >= 4 is 5.95 Å². The van der Waals surface area contributed by atoms with Crippen LogP contribution in [-0.2, 0) is 7.05 Å². The highest BCUT2D eigenvalue weighted by Crippen LogP contribution is 2.32. The van der Waals surface area contributed by atoms with Crippen LogP contribution in [0.25, 0.3) is 11.6 Å². The average Bonchev–Trinajstić information content (AvgIpc) is 2.98. The molecular weight excluding hydrogens is 228 g/mol. The number of nitrogens with two attached hydrogens (primary N) is 1. The molecule has 1 fully saturated rings. The third-order valence-electron chi connectivity index (χ3n) is 3.41. The van der Waals surface area contributed by atoms with Gasteiger partial charge in [-0.2, -0.15) is 9.97 Å². The number of aryl methyl sites for hydroxylation is 1. The van der Waals surface area contributed by atoms with Gasteiger partial charge < -0.3 is 10.3 Å². The van der Waals surface area contributed by atoms with Crippen molar-refractivity contribution in [2.75, 3.05) is 5.73 Å². The maximum absolute atomic E-state index is 5.78. The zero-order chi connectivity index (χ0) is 12.5. The zero-order valence-electron chi connectivity index (χ0n) is 10.4. The fourth-order valence-corrected chi connectivity index (χ4v) is 2.46. The Morgan fingerprint density at radius 3 is 2.67 bits per heavy atom. The monoisotopic (exact) mass is 244 g/mol. The van der Waals surface area contributed by atoms with Crippen LogP contribution in [0, 0.1) is 0 Å². The Hall–Kier alpha value is -1.98. The highest BCUT2D eigenvalue weighted by atomic mass is 15.1. The predicted octanol–water partition coefficient (Wildman–Crippen LogP) is 1.51. The van der Waals surface area contributed by atoms with E-state index in [2.05, 4.69) is 19.9 Å². The molecule has 3 rings (SSSR count). The Kier molecular flexibility index (Phi) is 2.70. The maximum Gasteiger partial charge on any atom is 0.223 e. The highest BCUT2D eigenvalue weighted by Gasteiger charge is 2.22. The minimum absolute atomic E-state index is 0.282. The second-order valence-electron chi connectivity index (χ2n) is 4.72. The summed E-state index contributed by atoms with van der Waals surface area (Å²) in [6.45, 7) is 0. The molecule has 6 heteroatoms. The summed E-state index contributed by atoms with van der Waals surface area (Å²) in [7, 11) is 1.91. The van der Waals surface area contributed by atoms with Crippen molar-refractivity contribution in [1.29, 1.82) is 0 Å². The van der Waals surface area contributed by atoms with Crippen molar-refractivity contribution < 1.29 is 0 Å². The van der Waals surface area contributed by atoms with Gasteiger partial charge >= 0.3 is 0 Å². The summed E-state index contributed by atoms with van der Waals surface area (Å²) in [5, 5.41) is 0. The molecule has 1 saturated carbocycles. The number of hydrogen-bond acceptors (Lipinski definition) is 5. The Morgan fingerprint density at radius 2 is 2.00 bits per heavy atom. The Labute approximate surface area is 105 Å². The molecule has 0 bridgehead atoms. The minimum atomic E-state index is 0.282. The van der Waals surface area contributed by atoms with E-state index in [-0.39, 0.29) is 5.95 Å². The van der Waals surface area contributed by atoms with E-state index in [1.165, 1.54) is 12.8 Å². The molecule has 1 aliphatic rings. The van der Waals surface area contributed by atoms with Gasteiger partial charge in [-0.05, 0) is 12.8 Å². The van der Waals surface area contributed by atoms with Crippen LogP contribution in [0.3, 0.4) is 0 Å². The van der Waals surface area contributed by atoms with E-state index in [0.29, 0.717) is 11.7 Å². The van der Waals surface area contributed by atoms with Gasteiger partial charge in [0.05, 0.1) is 0 Å². The molecule has 2 aromatic rings. The van der Waals surface area contributed by atoms with Crippen LogP contribution >= 0.6 is 0 Å². The third-order valence-corrected chi connectivity index (χ3v) is 3.41. The van der Waals surface area contributed by atoms with E-state index in [9.17, 15) is 0 Å². The topological polar surface area (TPSA) is 82.5 Å². The van der Waals surface area contributed by atoms with Crippen LogP contribution < -0.4 is 5.73 Å². The molecular formula is C12H16N6. The first-order valence-electron chi connectivity index (χ1n) is 6.23. The van der Waals surface area contributed by atoms with Crippen LogP contribution in [0.2, 0.25) is 0 Å². The van der Waals surface area contributed by atoms with E-state index >= 15 is 0 Å². The van der Waals surface area contributed by atoms with Gasteiger partial charge in [-0.15, -0.1) is 0 Å². The summed E-state index contributed by atoms with van der Waals surface area (Å²) < 4.78 is 1.88. The number of hydrogen-bond donors (Lipinski definition) is 1. The molecule has 0 aromatic carbocycles. The smallest absolute Gasteiger partial charge is 0.223 e. The van der Waals surface area contributed by atoms with E-state index in [1.807, 2.05) is 17.8 Å². The van der Waals surface area contributed by atoms with Gasteiger partial charge in [0.25, 0.3) is 0 Å². The molecule has 0 amide bonds. The van der Waals surface area contributed by atoms with Crippen molar-refractivity contribution in [3.8, 4) is 11.6 Å². The summed E-state index contributed by atoms with van der Waals surface area (Å²) in [6, 6.07) is 0. The van der Waals surface area contributed by atoms with Gasteiger partial charge in [0, 0.05) is 25.4 Å². The largest absolute Gasteiger partial charge is 0.368 e. The standard InChI is InChI=1S/C12H16N6/c1-18-7-6-14-11(18)10-15-9(16-12(13)17-10)8-4-2-3-5-8/h6-8H,2-5H2,1H3,(H2,13,15,16,17). The van der Waals surface area contributed by atoms with E-state index in [1.54, 1.807) is 6.20 Å². The molecule has 94 valence electrons. The number of nitrogens with zero attached hydrogens (tertiary/aromatic N) is 5. The van der Waals surface area contributed by atoms with Crippen LogP contribution in [0.1, 0.15) is 37.4 Å². The third kappa shape index (κ3) is 1.94. The summed E-state index contributed by atoms with van der Waals surface area (Å²) in [6.07, 6.45) is 8.37. The van der Waals surface area contributed by atoms with Crippen molar-refractivity contribution in [3.63, 3.8) is 0 Å². The van der Waals surface area contributed by atoms with Gasteiger partial charge in [-0.3, -0.25) is 0 Å². The lowest BCUT2D eigenvalue weighted by Crippen LogP contribution is -2.09. The molecule has 0 atom stereocenters. The quantitative estimate of drug-likeness (QED) is 0.865. The molecule has 18 heavy (non-hydrogen) atoms. The molecule has 0 aliphatic heterocycles. The molecule has 0 saturated heterocycles. The fourth-order valence-electron chi connectivity index (χ4n) is 2.46. The summed E-state index contributed by atoms with van der Waals surface area (Å²) in [4.78, 5) is 17.2. The van der Waals surface area contributed by atoms with Crippen molar-refractivity contribution in [1.82, 2.24) is 24.5 Å². The van der Waals surface area contributed by atoms with E-state index in [0.717, 1.165) is 24.5 Å². The number of nitrogen functional groups attached to an aromatic ring is 1. The summed E-state index contributed by atoms with van der Waals surface area (Å²) in [5.41, 5.74) is 5.78. The van der Waals surface area contributed by atoms with Crippen LogP contribution in [0.5, 0.6) is 0 Å². The van der Waals surface area contributed by atoms with Gasteiger partial charge in [0.1, 0.15) is 5.82 Å². The fraction of sp³-hybridized carbons (Fsp3) is 0.500. The average molecular weight is 244 g/mol. The molecule has 0 spiro atoms. The van der Waals surface area contributed by atoms with Crippen LogP contribution in [0.15, 0.2) is 12.4 Å². The predicted molar refractivity (Wildman–Crippen MR) is 67.7 cm³/mol. The Morgan fingerprint density at radius 1 is 1.22 bits per heavy atom. The number of imidazole rings is 1. The molecule has 2 heterocycles. The van der Waals surface area contributed by atoms with Gasteiger partial charge in [0.15, 0.2) is 5.82 Å². The summed E-state index contributed by atoms with van der Waals surface area (Å²) >= 11 is 0. The second kappa shape index (κ2) is 4.36. The normalized spacial score (nSPS) is 16.3. The Balaban J connectivity index is 2.03. The second-order valence-corrected chi connectivity index (χ2v) is 4.72. The van der Waals surface area contributed by atoms with Crippen LogP contribution in [-0.4, -0.2) is 24.5 Å².